The summed E-state index contributed by atoms with van der Waals surface area (Å²) in [7, 11) is 2.40. The molecule has 0 aromatic rings. The maximum atomic E-state index is 12.3. The number of ether oxygens (including phenoxy) is 4. The van der Waals surface area contributed by atoms with Crippen LogP contribution in [0.5, 0.6) is 0 Å². The van der Waals surface area contributed by atoms with Crippen molar-refractivity contribution < 1.29 is 28.5 Å². The van der Waals surface area contributed by atoms with Gasteiger partial charge >= 0.3 is 11.9 Å². The van der Waals surface area contributed by atoms with Gasteiger partial charge in [-0.15, -0.1) is 0 Å². The second-order valence-electron chi connectivity index (χ2n) is 4.83. The highest BCUT2D eigenvalue weighted by molar-refractivity contribution is 6.08. The number of methoxy groups -OCH3 is 2. The summed E-state index contributed by atoms with van der Waals surface area (Å²) < 4.78 is 20.5. The molecule has 0 saturated carbocycles. The Morgan fingerprint density at radius 2 is 1.70 bits per heavy atom. The first-order valence-electron chi connectivity index (χ1n) is 7.14. The molecule has 0 atom stereocenters. The lowest BCUT2D eigenvalue weighted by Gasteiger charge is -2.31. The van der Waals surface area contributed by atoms with Gasteiger partial charge in [0.1, 0.15) is 5.57 Å². The molecule has 0 spiro atoms. The molecule has 0 bridgehead atoms. The first-order chi connectivity index (χ1) is 11.1. The number of morpholine rings is 1. The largest absolute Gasteiger partial charge is 0.478 e. The number of nitriles is 1. The molecule has 23 heavy (non-hydrogen) atoms. The SMILES string of the molecule is COC(=O)C1=C(C#N)CCOC(N2CCOCC2)=C1C(=O)OC. The second kappa shape index (κ2) is 7.65. The average molecular weight is 322 g/mol. The summed E-state index contributed by atoms with van der Waals surface area (Å²) in [4.78, 5) is 26.3. The van der Waals surface area contributed by atoms with Crippen LogP contribution in [0, 0.1) is 11.3 Å². The van der Waals surface area contributed by atoms with Crippen molar-refractivity contribution in [1.29, 1.82) is 5.26 Å². The van der Waals surface area contributed by atoms with Crippen molar-refractivity contribution >= 4 is 11.9 Å². The number of rotatable bonds is 3. The first-order valence-corrected chi connectivity index (χ1v) is 7.14. The number of hydrogen-bond donors (Lipinski definition) is 0. The fourth-order valence-electron chi connectivity index (χ4n) is 2.45. The molecule has 0 unspecified atom stereocenters. The van der Waals surface area contributed by atoms with Crippen LogP contribution in [0.3, 0.4) is 0 Å². The van der Waals surface area contributed by atoms with E-state index < -0.39 is 11.9 Å². The Morgan fingerprint density at radius 3 is 2.26 bits per heavy atom. The van der Waals surface area contributed by atoms with Gasteiger partial charge in [0, 0.05) is 25.1 Å². The summed E-state index contributed by atoms with van der Waals surface area (Å²) in [6.07, 6.45) is 0.204. The lowest BCUT2D eigenvalue weighted by atomic mass is 9.99. The zero-order valence-electron chi connectivity index (χ0n) is 13.1. The van der Waals surface area contributed by atoms with Gasteiger partial charge in [-0.25, -0.2) is 9.59 Å². The molecule has 0 aromatic heterocycles. The van der Waals surface area contributed by atoms with Crippen LogP contribution in [-0.4, -0.2) is 64.0 Å². The van der Waals surface area contributed by atoms with Gasteiger partial charge in [0.05, 0.1) is 45.7 Å². The Bertz CT molecular complexity index is 596. The van der Waals surface area contributed by atoms with Gasteiger partial charge < -0.3 is 23.8 Å². The van der Waals surface area contributed by atoms with Crippen LogP contribution < -0.4 is 0 Å². The Kier molecular flexibility index (Phi) is 5.60. The zero-order chi connectivity index (χ0) is 16.8. The van der Waals surface area contributed by atoms with Crippen molar-refractivity contribution in [3.63, 3.8) is 0 Å². The minimum atomic E-state index is -0.766. The molecule has 8 heteroatoms. The zero-order valence-corrected chi connectivity index (χ0v) is 13.1. The van der Waals surface area contributed by atoms with E-state index in [1.54, 1.807) is 4.90 Å². The van der Waals surface area contributed by atoms with Gasteiger partial charge in [0.15, 0.2) is 0 Å². The smallest absolute Gasteiger partial charge is 0.344 e. The topological polar surface area (TPSA) is 98.1 Å². The van der Waals surface area contributed by atoms with Crippen LogP contribution in [0.2, 0.25) is 0 Å². The maximum Gasteiger partial charge on any atom is 0.344 e. The summed E-state index contributed by atoms with van der Waals surface area (Å²) in [5.74, 6) is -1.29. The molecule has 1 saturated heterocycles. The number of nitrogens with zero attached hydrogens (tertiary/aromatic N) is 2. The molecule has 124 valence electrons. The lowest BCUT2D eigenvalue weighted by Crippen LogP contribution is -2.38. The lowest BCUT2D eigenvalue weighted by molar-refractivity contribution is -0.140. The third kappa shape index (κ3) is 3.46. The molecule has 0 N–H and O–H groups in total. The van der Waals surface area contributed by atoms with Crippen LogP contribution >= 0.6 is 0 Å². The van der Waals surface area contributed by atoms with Crippen LogP contribution in [-0.2, 0) is 28.5 Å². The van der Waals surface area contributed by atoms with Crippen LogP contribution in [0.25, 0.3) is 0 Å². The quantitative estimate of drug-likeness (QED) is 0.676. The van der Waals surface area contributed by atoms with Gasteiger partial charge in [0.2, 0.25) is 5.88 Å². The minimum Gasteiger partial charge on any atom is -0.478 e. The van der Waals surface area contributed by atoms with E-state index in [2.05, 4.69) is 0 Å². The van der Waals surface area contributed by atoms with Crippen molar-refractivity contribution in [3.8, 4) is 6.07 Å². The molecule has 8 nitrogen and oxygen atoms in total. The normalized spacial score (nSPS) is 18.7. The molecule has 0 aromatic carbocycles. The maximum absolute atomic E-state index is 12.3. The fraction of sp³-hybridized carbons (Fsp3) is 0.533. The fourth-order valence-corrected chi connectivity index (χ4v) is 2.45. The molecule has 2 aliphatic heterocycles. The van der Waals surface area contributed by atoms with Gasteiger partial charge in [-0.3, -0.25) is 0 Å². The van der Waals surface area contributed by atoms with Crippen LogP contribution in [0.4, 0.5) is 0 Å². The standard InChI is InChI=1S/C15H18N2O6/c1-20-14(18)11-10(9-16)3-6-23-13(12(11)15(19)21-2)17-4-7-22-8-5-17/h3-8H2,1-2H3. The van der Waals surface area contributed by atoms with E-state index in [4.69, 9.17) is 18.9 Å². The van der Waals surface area contributed by atoms with Gasteiger partial charge in [0.25, 0.3) is 0 Å². The van der Waals surface area contributed by atoms with Crippen molar-refractivity contribution in [2.75, 3.05) is 47.1 Å². The second-order valence-corrected chi connectivity index (χ2v) is 4.83. The average Bonchev–Trinajstić information content (AvgIpc) is 2.80. The summed E-state index contributed by atoms with van der Waals surface area (Å²) in [5.41, 5.74) is -0.0309. The molecule has 1 fully saturated rings. The summed E-state index contributed by atoms with van der Waals surface area (Å²) >= 11 is 0. The van der Waals surface area contributed by atoms with Gasteiger partial charge in [-0.1, -0.05) is 0 Å². The summed E-state index contributed by atoms with van der Waals surface area (Å²) in [5, 5.41) is 9.32. The van der Waals surface area contributed by atoms with Crippen molar-refractivity contribution in [2.24, 2.45) is 0 Å². The predicted octanol–water partition coefficient (Wildman–Crippen LogP) is 0.117. The molecule has 0 aliphatic carbocycles. The Balaban J connectivity index is 2.62. The van der Waals surface area contributed by atoms with E-state index in [1.807, 2.05) is 6.07 Å². The molecule has 0 radical (unpaired) electrons. The van der Waals surface area contributed by atoms with Crippen molar-refractivity contribution in [2.45, 2.75) is 6.42 Å². The molecular weight excluding hydrogens is 304 g/mol. The van der Waals surface area contributed by atoms with Crippen LogP contribution in [0.1, 0.15) is 6.42 Å². The summed E-state index contributed by atoms with van der Waals surface area (Å²) in [6, 6.07) is 1.96. The van der Waals surface area contributed by atoms with Crippen molar-refractivity contribution in [3.05, 3.63) is 22.6 Å². The van der Waals surface area contributed by atoms with Crippen LogP contribution in [0.15, 0.2) is 22.6 Å². The molecule has 0 amide bonds. The third-order valence-corrected chi connectivity index (χ3v) is 3.57. The van der Waals surface area contributed by atoms with E-state index in [9.17, 15) is 14.9 Å². The summed E-state index contributed by atoms with van der Waals surface area (Å²) in [6.45, 7) is 2.14. The van der Waals surface area contributed by atoms with Gasteiger partial charge in [-0.2, -0.15) is 5.26 Å². The highest BCUT2D eigenvalue weighted by atomic mass is 16.5. The minimum absolute atomic E-state index is 0.0738. The third-order valence-electron chi connectivity index (χ3n) is 3.57. The number of carbonyl (C=O) groups is 2. The number of carbonyl (C=O) groups excluding carboxylic acids is 2. The first kappa shape index (κ1) is 16.8. The monoisotopic (exact) mass is 322 g/mol. The number of esters is 2. The Labute approximate surface area is 133 Å². The predicted molar refractivity (Wildman–Crippen MR) is 76.7 cm³/mol. The number of hydrogen-bond acceptors (Lipinski definition) is 8. The highest BCUT2D eigenvalue weighted by Crippen LogP contribution is 2.29. The van der Waals surface area contributed by atoms with E-state index in [1.165, 1.54) is 14.2 Å². The van der Waals surface area contributed by atoms with E-state index in [-0.39, 0.29) is 35.6 Å². The van der Waals surface area contributed by atoms with E-state index >= 15 is 0 Å². The Morgan fingerprint density at radius 1 is 1.09 bits per heavy atom. The van der Waals surface area contributed by atoms with E-state index in [0.717, 1.165) is 0 Å². The molecule has 2 aliphatic rings. The van der Waals surface area contributed by atoms with E-state index in [0.29, 0.717) is 26.3 Å². The van der Waals surface area contributed by atoms with Gasteiger partial charge in [-0.05, 0) is 0 Å². The molecule has 2 heterocycles. The Hall–Kier alpha value is -2.53. The molecule has 2 rings (SSSR count). The van der Waals surface area contributed by atoms with Crippen molar-refractivity contribution in [1.82, 2.24) is 4.90 Å². The molecular formula is C15H18N2O6. The highest BCUT2D eigenvalue weighted by Gasteiger charge is 2.35.